The van der Waals surface area contributed by atoms with E-state index >= 15 is 0 Å². The number of hydrogen-bond donors (Lipinski definition) is 12. The van der Waals surface area contributed by atoms with Gasteiger partial charge in [0.25, 0.3) is 0 Å². The minimum atomic E-state index is -1.59. The molecule has 324 valence electrons. The number of carboxylic acid groups (broad SMARTS) is 2. The molecule has 0 bridgehead atoms. The third-order valence-corrected chi connectivity index (χ3v) is 8.53. The number of aliphatic hydroxyl groups excluding tert-OH is 1. The lowest BCUT2D eigenvalue weighted by atomic mass is 9.95. The lowest BCUT2D eigenvalue weighted by Crippen LogP contribution is -2.59. The first-order chi connectivity index (χ1) is 26.3. The molecule has 8 atom stereocenters. The van der Waals surface area contributed by atoms with Crippen molar-refractivity contribution in [2.75, 3.05) is 0 Å². The third-order valence-electron chi connectivity index (χ3n) is 8.53. The van der Waals surface area contributed by atoms with Crippen molar-refractivity contribution in [2.24, 2.45) is 35.0 Å². The van der Waals surface area contributed by atoms with Gasteiger partial charge in [0.15, 0.2) is 0 Å². The number of aliphatic hydroxyl groups is 1. The predicted molar refractivity (Wildman–Crippen MR) is 202 cm³/mol. The lowest BCUT2D eigenvalue weighted by Gasteiger charge is -2.30. The van der Waals surface area contributed by atoms with Crippen molar-refractivity contribution in [2.45, 2.75) is 142 Å². The van der Waals surface area contributed by atoms with Crippen LogP contribution >= 0.6 is 0 Å². The zero-order chi connectivity index (χ0) is 44.3. The van der Waals surface area contributed by atoms with Gasteiger partial charge in [-0.25, -0.2) is 0 Å². The predicted octanol–water partition coefficient (Wildman–Crippen LogP) is -3.56. The van der Waals surface area contributed by atoms with Crippen LogP contribution in [-0.4, -0.2) is 123 Å². The fraction of sp³-hybridized carbons (Fsp3) is 0.714. The van der Waals surface area contributed by atoms with Crippen LogP contribution in [0.5, 0.6) is 0 Å². The molecule has 0 radical (unpaired) electrons. The second-order valence-electron chi connectivity index (χ2n) is 14.9. The van der Waals surface area contributed by atoms with E-state index in [1.165, 1.54) is 6.92 Å². The van der Waals surface area contributed by atoms with E-state index < -0.39 is 145 Å². The van der Waals surface area contributed by atoms with Gasteiger partial charge in [0.1, 0.15) is 30.2 Å². The molecule has 22 heteroatoms. The Morgan fingerprint density at radius 2 is 1.05 bits per heavy atom. The number of primary amides is 2. The molecule has 0 spiro atoms. The maximum absolute atomic E-state index is 13.5. The summed E-state index contributed by atoms with van der Waals surface area (Å²) in [5.74, 6) is -10.7. The first-order valence-electron chi connectivity index (χ1n) is 18.5. The minimum absolute atomic E-state index is 0.107. The van der Waals surface area contributed by atoms with Crippen LogP contribution in [0.25, 0.3) is 0 Å². The van der Waals surface area contributed by atoms with Crippen molar-refractivity contribution in [3.63, 3.8) is 0 Å². The Kier molecular flexibility index (Phi) is 22.6. The largest absolute Gasteiger partial charge is 0.481 e. The molecule has 8 amide bonds. The van der Waals surface area contributed by atoms with Gasteiger partial charge in [-0.05, 0) is 43.9 Å². The summed E-state index contributed by atoms with van der Waals surface area (Å²) in [6.07, 6.45) is -4.12. The average molecular weight is 816 g/mol. The number of rotatable bonds is 27. The van der Waals surface area contributed by atoms with Crippen molar-refractivity contribution >= 4 is 59.2 Å². The summed E-state index contributed by atoms with van der Waals surface area (Å²) in [6.45, 7) is 11.2. The second-order valence-corrected chi connectivity index (χ2v) is 14.9. The molecule has 0 aromatic rings. The van der Waals surface area contributed by atoms with Gasteiger partial charge in [-0.15, -0.1) is 0 Å². The minimum Gasteiger partial charge on any atom is -0.481 e. The van der Waals surface area contributed by atoms with Crippen LogP contribution in [0.2, 0.25) is 0 Å². The molecular formula is C35H61N9O13. The van der Waals surface area contributed by atoms with Gasteiger partial charge in [0, 0.05) is 12.8 Å². The van der Waals surface area contributed by atoms with Crippen molar-refractivity contribution < 1.29 is 63.3 Å². The van der Waals surface area contributed by atoms with Crippen LogP contribution in [0.1, 0.15) is 93.4 Å². The summed E-state index contributed by atoms with van der Waals surface area (Å²) >= 11 is 0. The second kappa shape index (κ2) is 25.0. The Hall–Kier alpha value is -5.38. The average Bonchev–Trinajstić information content (AvgIpc) is 3.07. The Morgan fingerprint density at radius 3 is 1.53 bits per heavy atom. The molecule has 0 saturated heterocycles. The van der Waals surface area contributed by atoms with Crippen LogP contribution in [0.15, 0.2) is 0 Å². The third kappa shape index (κ3) is 20.4. The number of nitrogens with one attached hydrogen (secondary N) is 6. The highest BCUT2D eigenvalue weighted by Crippen LogP contribution is 2.14. The van der Waals surface area contributed by atoms with Crippen LogP contribution < -0.4 is 49.1 Å². The molecule has 57 heavy (non-hydrogen) atoms. The molecular weight excluding hydrogens is 754 g/mol. The number of carbonyl (C=O) groups excluding carboxylic acids is 8. The standard InChI is InChI=1S/C35H61N9O13/c1-15(2)12-21(41-33(55)22(13-24(37)46)42-35(57)29(17(5)6)44-32(54)19(36)8-10-26(48)49)23(45)14-25(47)43-28(16(3)4)34(56)39-18(7)31(53)40-20(30(38)52)9-11-27(50)51/h15-23,28-29,45H,8-14,36H2,1-7H3,(H2,37,46)(H2,38,52)(H,39,56)(H,40,53)(H,41,55)(H,42,57)(H,43,47)(H,44,54)(H,48,49)(H,50,51)/t18-,19-,20-,21-,22-,23-,28-,29-/m0/s1. The van der Waals surface area contributed by atoms with Gasteiger partial charge in [-0.2, -0.15) is 0 Å². The van der Waals surface area contributed by atoms with Gasteiger partial charge in [0.05, 0.1) is 31.0 Å². The number of aliphatic carboxylic acids is 2. The van der Waals surface area contributed by atoms with Crippen molar-refractivity contribution in [1.82, 2.24) is 31.9 Å². The summed E-state index contributed by atoms with van der Waals surface area (Å²) in [7, 11) is 0. The number of carboxylic acids is 2. The van der Waals surface area contributed by atoms with E-state index in [0.29, 0.717) is 0 Å². The molecule has 0 saturated carbocycles. The Morgan fingerprint density at radius 1 is 0.561 bits per heavy atom. The molecule has 0 aromatic heterocycles. The monoisotopic (exact) mass is 815 g/mol. The number of carbonyl (C=O) groups is 10. The fourth-order valence-corrected chi connectivity index (χ4v) is 5.30. The van der Waals surface area contributed by atoms with Gasteiger partial charge in [-0.1, -0.05) is 41.5 Å². The van der Waals surface area contributed by atoms with Crippen LogP contribution in [0.4, 0.5) is 0 Å². The van der Waals surface area contributed by atoms with Crippen molar-refractivity contribution in [3.8, 4) is 0 Å². The number of amides is 8. The van der Waals surface area contributed by atoms with Crippen molar-refractivity contribution in [1.29, 1.82) is 0 Å². The van der Waals surface area contributed by atoms with Crippen LogP contribution in [0.3, 0.4) is 0 Å². The summed E-state index contributed by atoms with van der Waals surface area (Å²) in [5.41, 5.74) is 16.4. The SMILES string of the molecule is CC(C)C[C@H](NC(=O)[C@H](CC(N)=O)NC(=O)[C@@H](NC(=O)[C@@H](N)CCC(=O)O)C(C)C)[C@@H](O)CC(=O)N[C@H](C(=O)N[C@@H](C)C(=O)N[C@@H](CCC(=O)O)C(N)=O)C(C)C. The smallest absolute Gasteiger partial charge is 0.303 e. The molecule has 0 fully saturated rings. The maximum Gasteiger partial charge on any atom is 0.303 e. The summed E-state index contributed by atoms with van der Waals surface area (Å²) < 4.78 is 0. The van der Waals surface area contributed by atoms with E-state index in [1.54, 1.807) is 41.5 Å². The Labute approximate surface area is 330 Å². The van der Waals surface area contributed by atoms with E-state index in [4.69, 9.17) is 27.4 Å². The molecule has 0 aliphatic heterocycles. The van der Waals surface area contributed by atoms with Gasteiger partial charge < -0.3 is 64.4 Å². The molecule has 0 heterocycles. The van der Waals surface area contributed by atoms with Gasteiger partial charge >= 0.3 is 11.9 Å². The van der Waals surface area contributed by atoms with E-state index in [2.05, 4.69) is 31.9 Å². The lowest BCUT2D eigenvalue weighted by molar-refractivity contribution is -0.138. The Bertz CT molecular complexity index is 1460. The highest BCUT2D eigenvalue weighted by Gasteiger charge is 2.34. The molecule has 0 rings (SSSR count). The Balaban J connectivity index is 5.86. The summed E-state index contributed by atoms with van der Waals surface area (Å²) in [6, 6.07) is -9.03. The van der Waals surface area contributed by atoms with E-state index in [9.17, 15) is 53.1 Å². The van der Waals surface area contributed by atoms with E-state index in [1.807, 2.05) is 0 Å². The first kappa shape index (κ1) is 51.6. The molecule has 0 aliphatic carbocycles. The zero-order valence-corrected chi connectivity index (χ0v) is 33.5. The highest BCUT2D eigenvalue weighted by atomic mass is 16.4. The maximum atomic E-state index is 13.5. The molecule has 0 aromatic carbocycles. The summed E-state index contributed by atoms with van der Waals surface area (Å²) in [5, 5.41) is 43.4. The number of nitrogens with two attached hydrogens (primary N) is 3. The molecule has 15 N–H and O–H groups in total. The molecule has 0 aliphatic rings. The van der Waals surface area contributed by atoms with Gasteiger partial charge in [-0.3, -0.25) is 47.9 Å². The normalized spacial score (nSPS) is 15.4. The number of hydrogen-bond acceptors (Lipinski definition) is 12. The quantitative estimate of drug-likeness (QED) is 0.0382. The van der Waals surface area contributed by atoms with Crippen molar-refractivity contribution in [3.05, 3.63) is 0 Å². The van der Waals surface area contributed by atoms with Crippen LogP contribution in [0, 0.1) is 17.8 Å². The van der Waals surface area contributed by atoms with E-state index in [0.717, 1.165) is 0 Å². The topological polar surface area (TPSA) is 382 Å². The summed E-state index contributed by atoms with van der Waals surface area (Å²) in [4.78, 5) is 124. The first-order valence-corrected chi connectivity index (χ1v) is 18.5. The van der Waals surface area contributed by atoms with Gasteiger partial charge in [0.2, 0.25) is 47.3 Å². The van der Waals surface area contributed by atoms with E-state index in [-0.39, 0.29) is 25.2 Å². The highest BCUT2D eigenvalue weighted by molar-refractivity contribution is 5.96. The fourth-order valence-electron chi connectivity index (χ4n) is 5.30. The molecule has 22 nitrogen and oxygen atoms in total. The zero-order valence-electron chi connectivity index (χ0n) is 33.5. The molecule has 0 unspecified atom stereocenters. The van der Waals surface area contributed by atoms with Crippen LogP contribution in [-0.2, 0) is 47.9 Å².